The van der Waals surface area contributed by atoms with Gasteiger partial charge in [0.15, 0.2) is 0 Å². The van der Waals surface area contributed by atoms with Crippen LogP contribution in [0.15, 0.2) is 33.5 Å². The van der Waals surface area contributed by atoms with E-state index in [4.69, 9.17) is 8.83 Å². The van der Waals surface area contributed by atoms with Gasteiger partial charge in [0.2, 0.25) is 0 Å². The number of unbranched alkanes of at least 4 members (excludes halogenated alkanes) is 5. The van der Waals surface area contributed by atoms with Crippen LogP contribution < -0.4 is 10.6 Å². The number of carbonyl (C=O) groups is 2. The minimum Gasteiger partial charge on any atom is -0.469 e. The Balaban J connectivity index is 1.43. The van der Waals surface area contributed by atoms with E-state index in [1.165, 1.54) is 12.5 Å². The molecule has 2 aromatic heterocycles. The van der Waals surface area contributed by atoms with Gasteiger partial charge < -0.3 is 19.5 Å². The van der Waals surface area contributed by atoms with Gasteiger partial charge in [0, 0.05) is 13.1 Å². The average molecular weight is 360 g/mol. The van der Waals surface area contributed by atoms with Crippen LogP contribution in [0.3, 0.4) is 0 Å². The molecule has 0 saturated carbocycles. The van der Waals surface area contributed by atoms with E-state index < -0.39 is 0 Å². The molecule has 0 saturated heterocycles. The molecule has 26 heavy (non-hydrogen) atoms. The highest BCUT2D eigenvalue weighted by molar-refractivity contribution is 5.95. The second-order valence-corrected chi connectivity index (χ2v) is 6.41. The van der Waals surface area contributed by atoms with Crippen LogP contribution in [0.4, 0.5) is 0 Å². The lowest BCUT2D eigenvalue weighted by Gasteiger charge is -2.06. The smallest absolute Gasteiger partial charge is 0.254 e. The fourth-order valence-electron chi connectivity index (χ4n) is 2.79. The fraction of sp³-hybridized carbons (Fsp3) is 0.500. The van der Waals surface area contributed by atoms with Crippen molar-refractivity contribution in [3.63, 3.8) is 0 Å². The fourth-order valence-corrected chi connectivity index (χ4v) is 2.79. The predicted octanol–water partition coefficient (Wildman–Crippen LogP) is 3.99. The summed E-state index contributed by atoms with van der Waals surface area (Å²) in [7, 11) is 0. The van der Waals surface area contributed by atoms with E-state index in [0.29, 0.717) is 35.7 Å². The molecule has 0 aliphatic rings. The molecular weight excluding hydrogens is 332 g/mol. The largest absolute Gasteiger partial charge is 0.469 e. The molecule has 0 aromatic carbocycles. The molecule has 2 rings (SSSR count). The summed E-state index contributed by atoms with van der Waals surface area (Å²) in [6.07, 6.45) is 9.45. The minimum atomic E-state index is -0.0696. The van der Waals surface area contributed by atoms with E-state index in [1.54, 1.807) is 26.0 Å². The summed E-state index contributed by atoms with van der Waals surface area (Å²) in [5.41, 5.74) is 1.22. The lowest BCUT2D eigenvalue weighted by atomic mass is 10.1. The first-order chi connectivity index (χ1) is 12.6. The van der Waals surface area contributed by atoms with Crippen molar-refractivity contribution in [2.75, 3.05) is 13.1 Å². The second kappa shape index (κ2) is 10.5. The van der Waals surface area contributed by atoms with Crippen LogP contribution in [-0.4, -0.2) is 24.9 Å². The van der Waals surface area contributed by atoms with E-state index in [9.17, 15) is 9.59 Å². The molecule has 2 aromatic rings. The number of rotatable bonds is 11. The molecule has 142 valence electrons. The Morgan fingerprint density at radius 2 is 1.12 bits per heavy atom. The summed E-state index contributed by atoms with van der Waals surface area (Å²) in [5.74, 6) is 1.16. The Labute approximate surface area is 154 Å². The van der Waals surface area contributed by atoms with E-state index in [1.807, 2.05) is 0 Å². The SMILES string of the molecule is Cc1occc1C(=O)NCCCCCCCCNC(=O)c1ccoc1C. The zero-order valence-corrected chi connectivity index (χ0v) is 15.6. The Morgan fingerprint density at radius 1 is 0.731 bits per heavy atom. The van der Waals surface area contributed by atoms with Crippen molar-refractivity contribution < 1.29 is 18.4 Å². The molecule has 0 spiro atoms. The number of hydrogen-bond acceptors (Lipinski definition) is 4. The maximum absolute atomic E-state index is 11.9. The van der Waals surface area contributed by atoms with Gasteiger partial charge in [-0.05, 0) is 38.8 Å². The summed E-state index contributed by atoms with van der Waals surface area (Å²) in [4.78, 5) is 23.8. The first-order valence-electron chi connectivity index (χ1n) is 9.24. The van der Waals surface area contributed by atoms with Crippen LogP contribution >= 0.6 is 0 Å². The van der Waals surface area contributed by atoms with Crippen molar-refractivity contribution >= 4 is 11.8 Å². The van der Waals surface area contributed by atoms with Crippen molar-refractivity contribution in [3.05, 3.63) is 47.3 Å². The summed E-state index contributed by atoms with van der Waals surface area (Å²) in [6.45, 7) is 4.94. The molecule has 2 heterocycles. The third-order valence-corrected chi connectivity index (χ3v) is 4.38. The van der Waals surface area contributed by atoms with Gasteiger partial charge in [-0.15, -0.1) is 0 Å². The number of aryl methyl sites for hydroxylation is 2. The van der Waals surface area contributed by atoms with Crippen LogP contribution in [0.25, 0.3) is 0 Å². The topological polar surface area (TPSA) is 84.5 Å². The van der Waals surface area contributed by atoms with E-state index in [-0.39, 0.29) is 11.8 Å². The molecule has 0 aliphatic carbocycles. The molecule has 6 heteroatoms. The Kier molecular flexibility index (Phi) is 7.99. The van der Waals surface area contributed by atoms with Crippen LogP contribution in [0.2, 0.25) is 0 Å². The van der Waals surface area contributed by atoms with Crippen LogP contribution in [0, 0.1) is 13.8 Å². The van der Waals surface area contributed by atoms with Gasteiger partial charge in [0.1, 0.15) is 11.5 Å². The molecular formula is C20H28N2O4. The first kappa shape index (κ1) is 19.8. The second-order valence-electron chi connectivity index (χ2n) is 6.41. The maximum Gasteiger partial charge on any atom is 0.254 e. The standard InChI is InChI=1S/C20H28N2O4/c1-15-17(9-13-25-15)19(23)21-11-7-5-3-4-6-8-12-22-20(24)18-10-14-26-16(18)2/h9-10,13-14H,3-8,11-12H2,1-2H3,(H,21,23)(H,22,24). The number of furan rings is 2. The number of amides is 2. The first-order valence-corrected chi connectivity index (χ1v) is 9.24. The van der Waals surface area contributed by atoms with Gasteiger partial charge in [-0.1, -0.05) is 25.7 Å². The Hall–Kier alpha value is -2.50. The van der Waals surface area contributed by atoms with Gasteiger partial charge in [-0.25, -0.2) is 0 Å². The summed E-state index contributed by atoms with van der Waals surface area (Å²) in [6, 6.07) is 3.38. The van der Waals surface area contributed by atoms with Crippen molar-refractivity contribution in [2.24, 2.45) is 0 Å². The van der Waals surface area contributed by atoms with Crippen LogP contribution in [-0.2, 0) is 0 Å². The van der Waals surface area contributed by atoms with Gasteiger partial charge in [-0.3, -0.25) is 9.59 Å². The summed E-state index contributed by atoms with van der Waals surface area (Å²) < 4.78 is 10.3. The zero-order chi connectivity index (χ0) is 18.8. The Morgan fingerprint density at radius 3 is 1.46 bits per heavy atom. The molecule has 0 fully saturated rings. The monoisotopic (exact) mass is 360 g/mol. The van der Waals surface area contributed by atoms with Gasteiger partial charge in [-0.2, -0.15) is 0 Å². The minimum absolute atomic E-state index is 0.0696. The predicted molar refractivity (Wildman–Crippen MR) is 99.3 cm³/mol. The highest BCUT2D eigenvalue weighted by atomic mass is 16.3. The molecule has 0 atom stereocenters. The average Bonchev–Trinajstić information content (AvgIpc) is 3.24. The van der Waals surface area contributed by atoms with Crippen molar-refractivity contribution in [1.29, 1.82) is 0 Å². The summed E-state index contributed by atoms with van der Waals surface area (Å²) >= 11 is 0. The van der Waals surface area contributed by atoms with Crippen molar-refractivity contribution in [3.8, 4) is 0 Å². The number of hydrogen-bond donors (Lipinski definition) is 2. The molecule has 0 bridgehead atoms. The highest BCUT2D eigenvalue weighted by Gasteiger charge is 2.11. The molecule has 2 N–H and O–H groups in total. The van der Waals surface area contributed by atoms with Crippen LogP contribution in [0.1, 0.15) is 70.8 Å². The lowest BCUT2D eigenvalue weighted by Crippen LogP contribution is -2.24. The van der Waals surface area contributed by atoms with Crippen molar-refractivity contribution in [2.45, 2.75) is 52.4 Å². The normalized spacial score (nSPS) is 10.7. The van der Waals surface area contributed by atoms with Gasteiger partial charge >= 0.3 is 0 Å². The van der Waals surface area contributed by atoms with E-state index in [0.717, 1.165) is 38.5 Å². The Bertz CT molecular complexity index is 642. The van der Waals surface area contributed by atoms with Crippen LogP contribution in [0.5, 0.6) is 0 Å². The van der Waals surface area contributed by atoms with Gasteiger partial charge in [0.05, 0.1) is 23.7 Å². The van der Waals surface area contributed by atoms with E-state index >= 15 is 0 Å². The van der Waals surface area contributed by atoms with Gasteiger partial charge in [0.25, 0.3) is 11.8 Å². The zero-order valence-electron chi connectivity index (χ0n) is 15.6. The molecule has 0 unspecified atom stereocenters. The maximum atomic E-state index is 11.9. The lowest BCUT2D eigenvalue weighted by molar-refractivity contribution is 0.0942. The molecule has 0 radical (unpaired) electrons. The summed E-state index contributed by atoms with van der Waals surface area (Å²) in [5, 5.41) is 5.83. The molecule has 2 amide bonds. The van der Waals surface area contributed by atoms with Crippen molar-refractivity contribution in [1.82, 2.24) is 10.6 Å². The molecule has 0 aliphatic heterocycles. The van der Waals surface area contributed by atoms with E-state index in [2.05, 4.69) is 10.6 Å². The highest BCUT2D eigenvalue weighted by Crippen LogP contribution is 2.10. The third-order valence-electron chi connectivity index (χ3n) is 4.38. The quantitative estimate of drug-likeness (QED) is 0.593. The third kappa shape index (κ3) is 6.10. The number of carbonyl (C=O) groups excluding carboxylic acids is 2. The number of nitrogens with one attached hydrogen (secondary N) is 2. The molecule has 6 nitrogen and oxygen atoms in total.